The fourth-order valence-electron chi connectivity index (χ4n) is 4.14. The standard InChI is InChI=1S/C29H33N7O4/c1-6-31-18(4)20(17(3)30)15-32-29-33-16-21(28(37)39-7-2)26(36-29)34-23-13-10-11-19(25(23)38-5)27-35-22-12-8-9-14-24(22)40-27/h8-14,16,30-31H,6-7,15H2,1-5H3,(H2,32,33,34,36)/b20-18-,30-17?. The molecule has 0 aliphatic carbocycles. The van der Waals surface area contributed by atoms with Crippen LogP contribution in [0.1, 0.15) is 38.1 Å². The summed E-state index contributed by atoms with van der Waals surface area (Å²) in [4.78, 5) is 26.3. The number of fused-ring (bicyclic) bond motifs is 1. The molecule has 0 aliphatic rings. The number of carbonyl (C=O) groups is 1. The minimum Gasteiger partial charge on any atom is -0.494 e. The third-order valence-electron chi connectivity index (χ3n) is 6.05. The van der Waals surface area contributed by atoms with Crippen molar-refractivity contribution in [2.45, 2.75) is 27.7 Å². The minimum absolute atomic E-state index is 0.157. The lowest BCUT2D eigenvalue weighted by Gasteiger charge is -2.17. The number of hydrogen-bond acceptors (Lipinski definition) is 11. The van der Waals surface area contributed by atoms with E-state index in [4.69, 9.17) is 19.3 Å². The summed E-state index contributed by atoms with van der Waals surface area (Å²) in [5.41, 5.74) is 4.82. The molecule has 2 heterocycles. The molecule has 11 heteroatoms. The van der Waals surface area contributed by atoms with Crippen LogP contribution in [0.2, 0.25) is 0 Å². The van der Waals surface area contributed by atoms with Gasteiger partial charge in [-0.15, -0.1) is 0 Å². The quantitative estimate of drug-likeness (QED) is 0.132. The Bertz CT molecular complexity index is 1530. The molecule has 2 aromatic carbocycles. The Hall–Kier alpha value is -4.93. The highest BCUT2D eigenvalue weighted by Crippen LogP contribution is 2.38. The van der Waals surface area contributed by atoms with Crippen LogP contribution in [-0.4, -0.2) is 53.4 Å². The summed E-state index contributed by atoms with van der Waals surface area (Å²) in [5.74, 6) is 0.791. The molecule has 4 aromatic rings. The maximum Gasteiger partial charge on any atom is 0.343 e. The van der Waals surface area contributed by atoms with Gasteiger partial charge < -0.3 is 35.3 Å². The normalized spacial score (nSPS) is 11.5. The molecule has 208 valence electrons. The Kier molecular flexibility index (Phi) is 8.95. The van der Waals surface area contributed by atoms with E-state index in [1.54, 1.807) is 27.0 Å². The summed E-state index contributed by atoms with van der Waals surface area (Å²) in [6.45, 7) is 8.64. The van der Waals surface area contributed by atoms with E-state index >= 15 is 0 Å². The molecule has 0 unspecified atom stereocenters. The number of nitrogens with one attached hydrogen (secondary N) is 4. The van der Waals surface area contributed by atoms with E-state index in [2.05, 4.69) is 30.9 Å². The van der Waals surface area contributed by atoms with Crippen molar-refractivity contribution in [3.05, 3.63) is 65.5 Å². The number of rotatable bonds is 12. The maximum absolute atomic E-state index is 12.8. The van der Waals surface area contributed by atoms with Crippen molar-refractivity contribution in [2.75, 3.05) is 37.4 Å². The lowest BCUT2D eigenvalue weighted by molar-refractivity contribution is 0.0526. The zero-order chi connectivity index (χ0) is 28.6. The van der Waals surface area contributed by atoms with Crippen LogP contribution in [0.25, 0.3) is 22.6 Å². The SMILES string of the molecule is CCN/C(C)=C(/CNc1ncc(C(=O)OCC)c(Nc2cccc(-c3nc4ccccc4o3)c2OC)n1)C(C)=N. The number of ether oxygens (including phenoxy) is 2. The first-order valence-electron chi connectivity index (χ1n) is 12.9. The van der Waals surface area contributed by atoms with Crippen molar-refractivity contribution in [1.82, 2.24) is 20.3 Å². The fraction of sp³-hybridized carbons (Fsp3) is 0.276. The number of oxazole rings is 1. The predicted octanol–water partition coefficient (Wildman–Crippen LogP) is 5.55. The molecule has 0 spiro atoms. The predicted molar refractivity (Wildman–Crippen MR) is 156 cm³/mol. The number of nitrogens with zero attached hydrogens (tertiary/aromatic N) is 3. The number of hydrogen-bond donors (Lipinski definition) is 4. The van der Waals surface area contributed by atoms with Gasteiger partial charge >= 0.3 is 5.97 Å². The van der Waals surface area contributed by atoms with Crippen LogP contribution >= 0.6 is 0 Å². The molecule has 40 heavy (non-hydrogen) atoms. The van der Waals surface area contributed by atoms with Crippen molar-refractivity contribution in [2.24, 2.45) is 0 Å². The van der Waals surface area contributed by atoms with Gasteiger partial charge in [0.2, 0.25) is 11.8 Å². The Morgan fingerprint density at radius 2 is 1.88 bits per heavy atom. The lowest BCUT2D eigenvalue weighted by Crippen LogP contribution is -2.20. The molecule has 0 radical (unpaired) electrons. The first kappa shape index (κ1) is 28.1. The number of methoxy groups -OCH3 is 1. The minimum atomic E-state index is -0.565. The maximum atomic E-state index is 12.8. The van der Waals surface area contributed by atoms with E-state index in [9.17, 15) is 4.79 Å². The Morgan fingerprint density at radius 1 is 1.07 bits per heavy atom. The number of anilines is 3. The summed E-state index contributed by atoms with van der Waals surface area (Å²) in [6.07, 6.45) is 1.41. The summed E-state index contributed by atoms with van der Waals surface area (Å²) in [7, 11) is 1.55. The first-order chi connectivity index (χ1) is 19.4. The van der Waals surface area contributed by atoms with E-state index < -0.39 is 5.97 Å². The van der Waals surface area contributed by atoms with Gasteiger partial charge in [0.25, 0.3) is 0 Å². The third kappa shape index (κ3) is 6.20. The molecule has 0 bridgehead atoms. The number of allylic oxidation sites excluding steroid dienone is 1. The summed E-state index contributed by atoms with van der Waals surface area (Å²) in [6, 6.07) is 13.0. The van der Waals surface area contributed by atoms with Crippen molar-refractivity contribution in [3.63, 3.8) is 0 Å². The monoisotopic (exact) mass is 543 g/mol. The highest BCUT2D eigenvalue weighted by atomic mass is 16.5. The van der Waals surface area contributed by atoms with E-state index in [0.717, 1.165) is 23.3 Å². The number of aromatic nitrogens is 3. The molecule has 2 aromatic heterocycles. The van der Waals surface area contributed by atoms with E-state index in [-0.39, 0.29) is 23.9 Å². The van der Waals surface area contributed by atoms with Crippen LogP contribution in [0.5, 0.6) is 5.75 Å². The Labute approximate surface area is 232 Å². The van der Waals surface area contributed by atoms with Crippen LogP contribution in [-0.2, 0) is 4.74 Å². The van der Waals surface area contributed by atoms with Crippen LogP contribution < -0.4 is 20.7 Å². The molecule has 0 amide bonds. The zero-order valence-electron chi connectivity index (χ0n) is 23.2. The first-order valence-corrected chi connectivity index (χ1v) is 12.9. The van der Waals surface area contributed by atoms with Gasteiger partial charge in [0, 0.05) is 36.3 Å². The molecule has 4 rings (SSSR count). The van der Waals surface area contributed by atoms with Crippen LogP contribution in [0.3, 0.4) is 0 Å². The van der Waals surface area contributed by atoms with Gasteiger partial charge in [-0.05, 0) is 52.0 Å². The number of esters is 1. The highest BCUT2D eigenvalue weighted by molar-refractivity contribution is 5.97. The fourth-order valence-corrected chi connectivity index (χ4v) is 4.14. The van der Waals surface area contributed by atoms with Crippen molar-refractivity contribution in [3.8, 4) is 17.2 Å². The second-order valence-corrected chi connectivity index (χ2v) is 8.79. The number of carbonyl (C=O) groups excluding carboxylic acids is 1. The smallest absolute Gasteiger partial charge is 0.343 e. The molecule has 0 fully saturated rings. The number of para-hydroxylation sites is 3. The molecule has 4 N–H and O–H groups in total. The summed E-state index contributed by atoms with van der Waals surface area (Å²) < 4.78 is 17.0. The second kappa shape index (κ2) is 12.7. The topological polar surface area (TPSA) is 147 Å². The van der Waals surface area contributed by atoms with Gasteiger partial charge in [0.15, 0.2) is 17.2 Å². The Balaban J connectivity index is 1.70. The second-order valence-electron chi connectivity index (χ2n) is 8.79. The lowest BCUT2D eigenvalue weighted by atomic mass is 10.1. The van der Waals surface area contributed by atoms with E-state index in [1.807, 2.05) is 50.2 Å². The van der Waals surface area contributed by atoms with Crippen molar-refractivity contribution < 1.29 is 18.7 Å². The van der Waals surface area contributed by atoms with Crippen LogP contribution in [0, 0.1) is 5.41 Å². The van der Waals surface area contributed by atoms with Gasteiger partial charge in [-0.2, -0.15) is 4.98 Å². The third-order valence-corrected chi connectivity index (χ3v) is 6.05. The van der Waals surface area contributed by atoms with Crippen molar-refractivity contribution >= 4 is 40.2 Å². The zero-order valence-corrected chi connectivity index (χ0v) is 23.2. The van der Waals surface area contributed by atoms with Gasteiger partial charge in [-0.3, -0.25) is 0 Å². The van der Waals surface area contributed by atoms with E-state index in [0.29, 0.717) is 40.7 Å². The molecule has 0 saturated carbocycles. The Morgan fingerprint density at radius 3 is 2.58 bits per heavy atom. The molecule has 0 saturated heterocycles. The molecule has 11 nitrogen and oxygen atoms in total. The molecule has 0 atom stereocenters. The van der Waals surface area contributed by atoms with Crippen molar-refractivity contribution in [1.29, 1.82) is 5.41 Å². The molecule has 0 aliphatic heterocycles. The highest BCUT2D eigenvalue weighted by Gasteiger charge is 2.21. The average molecular weight is 544 g/mol. The van der Waals surface area contributed by atoms with Gasteiger partial charge in [0.05, 0.1) is 25.0 Å². The average Bonchev–Trinajstić information content (AvgIpc) is 3.37. The summed E-state index contributed by atoms with van der Waals surface area (Å²) >= 11 is 0. The van der Waals surface area contributed by atoms with Crippen LogP contribution in [0.15, 0.2) is 64.3 Å². The van der Waals surface area contributed by atoms with E-state index in [1.165, 1.54) is 6.20 Å². The molecular weight excluding hydrogens is 510 g/mol. The van der Waals surface area contributed by atoms with Gasteiger partial charge in [-0.1, -0.05) is 18.2 Å². The van der Waals surface area contributed by atoms with Gasteiger partial charge in [-0.25, -0.2) is 14.8 Å². The number of benzene rings is 2. The summed E-state index contributed by atoms with van der Waals surface area (Å²) in [5, 5.41) is 17.8. The molecular formula is C29H33N7O4. The largest absolute Gasteiger partial charge is 0.494 e. The van der Waals surface area contributed by atoms with Crippen LogP contribution in [0.4, 0.5) is 17.5 Å². The van der Waals surface area contributed by atoms with Gasteiger partial charge in [0.1, 0.15) is 11.1 Å².